The summed E-state index contributed by atoms with van der Waals surface area (Å²) < 4.78 is 0. The van der Waals surface area contributed by atoms with Gasteiger partial charge in [-0.2, -0.15) is 0 Å². The maximum atomic E-state index is 11.6. The third kappa shape index (κ3) is 5.49. The molecule has 0 aliphatic carbocycles. The predicted molar refractivity (Wildman–Crippen MR) is 79.1 cm³/mol. The molecule has 0 radical (unpaired) electrons. The van der Waals surface area contributed by atoms with Crippen LogP contribution in [0.3, 0.4) is 0 Å². The molecule has 0 saturated carbocycles. The maximum absolute atomic E-state index is 11.6. The molecule has 3 amide bonds. The Morgan fingerprint density at radius 3 is 2.33 bits per heavy atom. The largest absolute Gasteiger partial charge is 0.478 e. The number of halogens is 2. The Morgan fingerprint density at radius 1 is 1.14 bits per heavy atom. The van der Waals surface area contributed by atoms with Crippen LogP contribution in [0, 0.1) is 0 Å². The predicted octanol–water partition coefficient (Wildman–Crippen LogP) is 1.95. The van der Waals surface area contributed by atoms with Crippen molar-refractivity contribution >= 4 is 46.8 Å². The van der Waals surface area contributed by atoms with Gasteiger partial charge >= 0.3 is 12.0 Å². The molecular weight excluding hydrogens is 321 g/mol. The van der Waals surface area contributed by atoms with Crippen molar-refractivity contribution < 1.29 is 19.5 Å². The summed E-state index contributed by atoms with van der Waals surface area (Å²) in [7, 11) is 0. The Morgan fingerprint density at radius 2 is 1.76 bits per heavy atom. The fourth-order valence-corrected chi connectivity index (χ4v) is 1.98. The van der Waals surface area contributed by atoms with Crippen LogP contribution >= 0.6 is 23.2 Å². The molecule has 0 heterocycles. The maximum Gasteiger partial charge on any atom is 0.337 e. The lowest BCUT2D eigenvalue weighted by Gasteiger charge is -2.12. The second-order valence-electron chi connectivity index (χ2n) is 3.98. The average molecular weight is 334 g/mol. The van der Waals surface area contributed by atoms with Crippen molar-refractivity contribution in [2.24, 2.45) is 0 Å². The number of carboxylic acid groups (broad SMARTS) is 1. The molecule has 1 aromatic rings. The highest BCUT2D eigenvalue weighted by atomic mass is 35.5. The minimum atomic E-state index is -1.27. The van der Waals surface area contributed by atoms with E-state index in [0.29, 0.717) is 0 Å². The molecular formula is C12H13Cl2N3O4. The molecule has 0 fully saturated rings. The molecule has 0 saturated heterocycles. The number of hydrogen-bond donors (Lipinski definition) is 4. The van der Waals surface area contributed by atoms with Crippen LogP contribution in [0.15, 0.2) is 12.1 Å². The Labute approximate surface area is 130 Å². The number of carbonyl (C=O) groups is 3. The highest BCUT2D eigenvalue weighted by Crippen LogP contribution is 2.30. The lowest BCUT2D eigenvalue weighted by Crippen LogP contribution is -2.36. The summed E-state index contributed by atoms with van der Waals surface area (Å²) in [4.78, 5) is 33.4. The van der Waals surface area contributed by atoms with E-state index >= 15 is 0 Å². The lowest BCUT2D eigenvalue weighted by atomic mass is 10.2. The van der Waals surface area contributed by atoms with E-state index < -0.39 is 12.0 Å². The normalized spacial score (nSPS) is 9.86. The zero-order valence-corrected chi connectivity index (χ0v) is 12.5. The lowest BCUT2D eigenvalue weighted by molar-refractivity contribution is -0.118. The fourth-order valence-electron chi connectivity index (χ4n) is 1.44. The van der Waals surface area contributed by atoms with E-state index in [2.05, 4.69) is 16.0 Å². The molecule has 0 spiro atoms. The summed E-state index contributed by atoms with van der Waals surface area (Å²) in [6.07, 6.45) is 0. The van der Waals surface area contributed by atoms with Gasteiger partial charge in [0.25, 0.3) is 0 Å². The number of carbonyl (C=O) groups excluding carboxylic acids is 2. The third-order valence-electron chi connectivity index (χ3n) is 2.31. The Bertz CT molecular complexity index is 578. The number of hydrogen-bond acceptors (Lipinski definition) is 3. The number of nitrogens with one attached hydrogen (secondary N) is 3. The Kier molecular flexibility index (Phi) is 6.26. The van der Waals surface area contributed by atoms with Gasteiger partial charge in [-0.25, -0.2) is 9.59 Å². The van der Waals surface area contributed by atoms with E-state index in [1.54, 1.807) is 0 Å². The molecule has 9 heteroatoms. The Balaban J connectivity index is 2.72. The first-order chi connectivity index (χ1) is 9.81. The SMILES string of the molecule is CC(=O)NCCNC(=O)Nc1c(Cl)cc(Cl)cc1C(=O)O. The van der Waals surface area contributed by atoms with Gasteiger partial charge < -0.3 is 21.1 Å². The van der Waals surface area contributed by atoms with E-state index in [-0.39, 0.29) is 40.3 Å². The van der Waals surface area contributed by atoms with Crippen molar-refractivity contribution in [3.05, 3.63) is 27.7 Å². The first-order valence-electron chi connectivity index (χ1n) is 5.83. The number of anilines is 1. The topological polar surface area (TPSA) is 108 Å². The summed E-state index contributed by atoms with van der Waals surface area (Å²) in [5.41, 5.74) is -0.268. The van der Waals surface area contributed by atoms with Gasteiger partial charge in [0.2, 0.25) is 5.91 Å². The molecule has 0 bridgehead atoms. The fraction of sp³-hybridized carbons (Fsp3) is 0.250. The summed E-state index contributed by atoms with van der Waals surface area (Å²) in [5.74, 6) is -1.49. The summed E-state index contributed by atoms with van der Waals surface area (Å²) in [6.45, 7) is 1.79. The monoisotopic (exact) mass is 333 g/mol. The van der Waals surface area contributed by atoms with Gasteiger partial charge in [-0.3, -0.25) is 4.79 Å². The van der Waals surface area contributed by atoms with Crippen LogP contribution in [0.4, 0.5) is 10.5 Å². The third-order valence-corrected chi connectivity index (χ3v) is 2.82. The molecule has 0 unspecified atom stereocenters. The Hall–Kier alpha value is -1.99. The summed E-state index contributed by atoms with van der Waals surface area (Å²) in [6, 6.07) is 1.86. The zero-order chi connectivity index (χ0) is 16.0. The van der Waals surface area contributed by atoms with E-state index in [1.165, 1.54) is 19.1 Å². The molecule has 4 N–H and O–H groups in total. The second-order valence-corrected chi connectivity index (χ2v) is 4.82. The number of amides is 3. The first-order valence-corrected chi connectivity index (χ1v) is 6.58. The molecule has 0 aliphatic heterocycles. The molecule has 0 aromatic heterocycles. The molecule has 0 atom stereocenters. The van der Waals surface area contributed by atoms with Crippen molar-refractivity contribution in [1.29, 1.82) is 0 Å². The second kappa shape index (κ2) is 7.70. The minimum absolute atomic E-state index is 0.0110. The number of urea groups is 1. The van der Waals surface area contributed by atoms with Crippen molar-refractivity contribution in [3.8, 4) is 0 Å². The van der Waals surface area contributed by atoms with Crippen LogP contribution in [0.1, 0.15) is 17.3 Å². The molecule has 0 aliphatic rings. The number of carboxylic acids is 1. The van der Waals surface area contributed by atoms with Crippen molar-refractivity contribution in [1.82, 2.24) is 10.6 Å². The quantitative estimate of drug-likeness (QED) is 0.617. The van der Waals surface area contributed by atoms with Crippen LogP contribution < -0.4 is 16.0 Å². The van der Waals surface area contributed by atoms with Crippen molar-refractivity contribution in [3.63, 3.8) is 0 Å². The number of benzene rings is 1. The molecule has 1 aromatic carbocycles. The van der Waals surface area contributed by atoms with Crippen LogP contribution in [0.25, 0.3) is 0 Å². The van der Waals surface area contributed by atoms with Gasteiger partial charge in [0.1, 0.15) is 0 Å². The van der Waals surface area contributed by atoms with Gasteiger partial charge in [0.15, 0.2) is 0 Å². The van der Waals surface area contributed by atoms with E-state index in [4.69, 9.17) is 28.3 Å². The summed E-state index contributed by atoms with van der Waals surface area (Å²) >= 11 is 11.6. The molecule has 114 valence electrons. The van der Waals surface area contributed by atoms with Gasteiger partial charge in [-0.1, -0.05) is 23.2 Å². The van der Waals surface area contributed by atoms with E-state index in [9.17, 15) is 14.4 Å². The van der Waals surface area contributed by atoms with Crippen LogP contribution in [0.2, 0.25) is 10.0 Å². The average Bonchev–Trinajstić information content (AvgIpc) is 2.37. The van der Waals surface area contributed by atoms with Crippen LogP contribution in [-0.4, -0.2) is 36.1 Å². The number of rotatable bonds is 5. The minimum Gasteiger partial charge on any atom is -0.478 e. The van der Waals surface area contributed by atoms with Gasteiger partial charge in [0.05, 0.1) is 16.3 Å². The van der Waals surface area contributed by atoms with Crippen LogP contribution in [0.5, 0.6) is 0 Å². The van der Waals surface area contributed by atoms with Gasteiger partial charge in [-0.05, 0) is 12.1 Å². The highest BCUT2D eigenvalue weighted by molar-refractivity contribution is 6.37. The molecule has 7 nitrogen and oxygen atoms in total. The van der Waals surface area contributed by atoms with Crippen molar-refractivity contribution in [2.45, 2.75) is 6.92 Å². The van der Waals surface area contributed by atoms with Crippen LogP contribution in [-0.2, 0) is 4.79 Å². The number of aromatic carboxylic acids is 1. The van der Waals surface area contributed by atoms with E-state index in [1.807, 2.05) is 0 Å². The zero-order valence-electron chi connectivity index (χ0n) is 11.0. The highest BCUT2D eigenvalue weighted by Gasteiger charge is 2.17. The van der Waals surface area contributed by atoms with Gasteiger partial charge in [-0.15, -0.1) is 0 Å². The van der Waals surface area contributed by atoms with Gasteiger partial charge in [0, 0.05) is 25.0 Å². The van der Waals surface area contributed by atoms with E-state index in [0.717, 1.165) is 0 Å². The smallest absolute Gasteiger partial charge is 0.337 e. The summed E-state index contributed by atoms with van der Waals surface area (Å²) in [5, 5.41) is 16.5. The van der Waals surface area contributed by atoms with Crippen molar-refractivity contribution in [2.75, 3.05) is 18.4 Å². The first kappa shape index (κ1) is 17.1. The molecule has 21 heavy (non-hydrogen) atoms. The molecule has 1 rings (SSSR count). The standard InChI is InChI=1S/C12H13Cl2N3O4/c1-6(18)15-2-3-16-12(21)17-10-8(11(19)20)4-7(13)5-9(10)14/h4-5H,2-3H2,1H3,(H,15,18)(H,19,20)(H2,16,17,21).